The van der Waals surface area contributed by atoms with Crippen molar-refractivity contribution in [1.82, 2.24) is 0 Å². The Kier molecular flexibility index (Phi) is 14.3. The Hall–Kier alpha value is 1.34. The van der Waals surface area contributed by atoms with Crippen molar-refractivity contribution < 1.29 is 42.5 Å². The Morgan fingerprint density at radius 1 is 0.967 bits per heavy atom. The van der Waals surface area contributed by atoms with Crippen LogP contribution in [0.25, 0.3) is 0 Å². The van der Waals surface area contributed by atoms with Crippen molar-refractivity contribution in [2.45, 2.75) is 116 Å². The maximum Gasteiger partial charge on any atom is 1.00 e. The van der Waals surface area contributed by atoms with E-state index in [0.29, 0.717) is 18.8 Å². The van der Waals surface area contributed by atoms with Crippen LogP contribution in [-0.4, -0.2) is 36.2 Å². The van der Waals surface area contributed by atoms with Gasteiger partial charge in [-0.1, -0.05) is 53.4 Å². The van der Waals surface area contributed by atoms with Crippen molar-refractivity contribution in [2.75, 3.05) is 12.3 Å². The van der Waals surface area contributed by atoms with Crippen LogP contribution in [0, 0.1) is 23.7 Å². The molecule has 0 radical (unpaired) electrons. The molecule has 2 aliphatic rings. The summed E-state index contributed by atoms with van der Waals surface area (Å²) < 4.78 is 33.6. The fourth-order valence-corrected chi connectivity index (χ4v) is 10.6. The van der Waals surface area contributed by atoms with Gasteiger partial charge in [0.25, 0.3) is 0 Å². The Morgan fingerprint density at radius 2 is 1.60 bits per heavy atom. The maximum absolute atomic E-state index is 11.2. The molecule has 0 bridgehead atoms. The molecule has 0 N–H and O–H groups in total. The summed E-state index contributed by atoms with van der Waals surface area (Å²) in [4.78, 5) is 0. The van der Waals surface area contributed by atoms with Crippen molar-refractivity contribution in [3.8, 4) is 0 Å². The van der Waals surface area contributed by atoms with E-state index in [1.807, 2.05) is 0 Å². The average Bonchev–Trinajstić information content (AvgIpc) is 2.66. The quantitative estimate of drug-likeness (QED) is 0.199. The second-order valence-corrected chi connectivity index (χ2v) is 14.8. The molecule has 30 heavy (non-hydrogen) atoms. The first-order chi connectivity index (χ1) is 13.7. The summed E-state index contributed by atoms with van der Waals surface area (Å²) in [7, 11) is -3.93. The van der Waals surface area contributed by atoms with Crippen LogP contribution in [0.5, 0.6) is 0 Å². The minimum absolute atomic E-state index is 0. The van der Waals surface area contributed by atoms with E-state index in [4.69, 9.17) is 0 Å². The molecule has 0 heterocycles. The van der Waals surface area contributed by atoms with Gasteiger partial charge in [-0.15, -0.1) is 7.92 Å². The Balaban J connectivity index is 0.00000450. The van der Waals surface area contributed by atoms with E-state index >= 15 is 0 Å². The zero-order valence-corrected chi connectivity index (χ0v) is 24.2. The van der Waals surface area contributed by atoms with Crippen molar-refractivity contribution in [2.24, 2.45) is 23.7 Å². The molecule has 172 valence electrons. The third kappa shape index (κ3) is 9.68. The molecule has 4 atom stereocenters. The molecule has 2 aliphatic carbocycles. The van der Waals surface area contributed by atoms with Gasteiger partial charge in [-0.25, -0.2) is 8.42 Å². The van der Waals surface area contributed by atoms with E-state index in [0.717, 1.165) is 36.3 Å². The minimum Gasteiger partial charge on any atom is -0.748 e. The first kappa shape index (κ1) is 29.4. The Labute approximate surface area is 211 Å². The van der Waals surface area contributed by atoms with E-state index in [-0.39, 0.29) is 37.5 Å². The minimum atomic E-state index is -4.07. The van der Waals surface area contributed by atoms with Gasteiger partial charge in [0.15, 0.2) is 0 Å². The second kappa shape index (κ2) is 14.6. The van der Waals surface area contributed by atoms with Gasteiger partial charge in [0, 0.05) is 5.25 Å². The molecule has 0 aromatic heterocycles. The van der Waals surface area contributed by atoms with Gasteiger partial charge in [0.1, 0.15) is 0 Å². The van der Waals surface area contributed by atoms with Crippen LogP contribution in [0.2, 0.25) is 0 Å². The van der Waals surface area contributed by atoms with Gasteiger partial charge in [-0.3, -0.25) is 0 Å². The van der Waals surface area contributed by atoms with Crippen LogP contribution in [-0.2, 0) is 10.1 Å². The number of hydrogen-bond donors (Lipinski definition) is 0. The Morgan fingerprint density at radius 3 is 2.17 bits per heavy atom. The molecule has 0 aromatic rings. The molecule has 0 aliphatic heterocycles. The first-order valence-electron chi connectivity index (χ1n) is 12.4. The zero-order valence-electron chi connectivity index (χ0n) is 20.4. The van der Waals surface area contributed by atoms with Crippen molar-refractivity contribution in [3.05, 3.63) is 0 Å². The molecule has 0 aromatic carbocycles. The zero-order chi connectivity index (χ0) is 21.4. The van der Waals surface area contributed by atoms with E-state index in [2.05, 4.69) is 27.7 Å². The standard InChI is InChI=1S/C24H47O3PS.Na/c1-5-6-16-28(24-18-20(4)10-15-23(24)19(2)3)17-8-7-9-21-11-13-22(14-12-21)29(25,26)27;/h19-24H,5-18H2,1-4H3,(H,25,26,27);/q;+1/p-1. The average molecular weight is 469 g/mol. The largest absolute Gasteiger partial charge is 1.00 e. The molecule has 2 saturated carbocycles. The van der Waals surface area contributed by atoms with Crippen molar-refractivity contribution >= 4 is 18.0 Å². The van der Waals surface area contributed by atoms with Gasteiger partial charge < -0.3 is 4.55 Å². The van der Waals surface area contributed by atoms with E-state index in [1.165, 1.54) is 63.7 Å². The van der Waals surface area contributed by atoms with Gasteiger partial charge in [-0.05, 0) is 93.0 Å². The predicted molar refractivity (Wildman–Crippen MR) is 126 cm³/mol. The monoisotopic (exact) mass is 468 g/mol. The summed E-state index contributed by atoms with van der Waals surface area (Å²) >= 11 is 0. The summed E-state index contributed by atoms with van der Waals surface area (Å²) in [5.41, 5.74) is 0.984. The first-order valence-corrected chi connectivity index (χ1v) is 15.7. The molecule has 0 saturated heterocycles. The van der Waals surface area contributed by atoms with Gasteiger partial charge in [-0.2, -0.15) is 0 Å². The second-order valence-electron chi connectivity index (χ2n) is 10.4. The Bertz CT molecular complexity index is 561. The van der Waals surface area contributed by atoms with Crippen LogP contribution in [0.1, 0.15) is 105 Å². The molecule has 3 nitrogen and oxygen atoms in total. The molecule has 2 rings (SSSR count). The third-order valence-electron chi connectivity index (χ3n) is 7.76. The van der Waals surface area contributed by atoms with Crippen molar-refractivity contribution in [3.63, 3.8) is 0 Å². The summed E-state index contributed by atoms with van der Waals surface area (Å²) in [5.74, 6) is 3.33. The summed E-state index contributed by atoms with van der Waals surface area (Å²) in [6.45, 7) is 9.68. The van der Waals surface area contributed by atoms with E-state index in [9.17, 15) is 13.0 Å². The molecule has 4 unspecified atom stereocenters. The van der Waals surface area contributed by atoms with Crippen LogP contribution < -0.4 is 29.6 Å². The van der Waals surface area contributed by atoms with E-state index in [1.54, 1.807) is 0 Å². The number of rotatable bonds is 11. The summed E-state index contributed by atoms with van der Waals surface area (Å²) in [5, 5.41) is -0.609. The van der Waals surface area contributed by atoms with Crippen LogP contribution in [0.4, 0.5) is 0 Å². The molecule has 6 heteroatoms. The molecular formula is C24H46NaO3PS. The fraction of sp³-hybridized carbons (Fsp3) is 1.00. The third-order valence-corrected chi connectivity index (χ3v) is 12.4. The smallest absolute Gasteiger partial charge is 0.748 e. The number of unbranched alkanes of at least 4 members (excludes halogenated alkanes) is 2. The number of hydrogen-bond acceptors (Lipinski definition) is 3. The normalized spacial score (nSPS) is 31.3. The molecule has 0 spiro atoms. The maximum atomic E-state index is 11.2. The van der Waals surface area contributed by atoms with Crippen LogP contribution in [0.3, 0.4) is 0 Å². The van der Waals surface area contributed by atoms with Crippen LogP contribution in [0.15, 0.2) is 0 Å². The van der Waals surface area contributed by atoms with Crippen molar-refractivity contribution in [1.29, 1.82) is 0 Å². The fourth-order valence-electron chi connectivity index (χ4n) is 5.83. The summed E-state index contributed by atoms with van der Waals surface area (Å²) in [6.07, 6.45) is 16.9. The topological polar surface area (TPSA) is 57.2 Å². The molecule has 2 fully saturated rings. The van der Waals surface area contributed by atoms with Gasteiger partial charge >= 0.3 is 29.6 Å². The SMILES string of the molecule is CCCCP(CCCCC1CCC(S(=O)(=O)[O-])CC1)C1CC(C)CCC1C(C)C.[Na+]. The molecular weight excluding hydrogens is 422 g/mol. The predicted octanol–water partition coefficient (Wildman–Crippen LogP) is 4.01. The van der Waals surface area contributed by atoms with Gasteiger partial charge in [0.2, 0.25) is 0 Å². The van der Waals surface area contributed by atoms with Crippen LogP contribution >= 0.6 is 7.92 Å². The molecule has 0 amide bonds. The summed E-state index contributed by atoms with van der Waals surface area (Å²) in [6, 6.07) is 0. The van der Waals surface area contributed by atoms with Gasteiger partial charge in [0.05, 0.1) is 10.1 Å². The van der Waals surface area contributed by atoms with E-state index < -0.39 is 15.4 Å².